The van der Waals surface area contributed by atoms with E-state index in [-0.39, 0.29) is 5.82 Å². The Morgan fingerprint density at radius 2 is 2.23 bits per heavy atom. The molecule has 0 spiro atoms. The standard InChI is InChI=1S/C17H17FN4/c18-12-6-7-13-15(10-12)21-17(20-13)11-22-9-3-5-16(22)14-4-1-2-8-19-14/h1-2,4,6-8,10,16H,3,5,9,11H2,(H,20,21). The molecule has 5 heteroatoms. The average Bonchev–Trinajstić information content (AvgIpc) is 3.14. The van der Waals surface area contributed by atoms with Crippen molar-refractivity contribution >= 4 is 11.0 Å². The highest BCUT2D eigenvalue weighted by Gasteiger charge is 2.27. The molecule has 1 N–H and O–H groups in total. The molecule has 1 aliphatic rings. The normalized spacial score (nSPS) is 19.0. The molecule has 1 saturated heterocycles. The third kappa shape index (κ3) is 2.48. The summed E-state index contributed by atoms with van der Waals surface area (Å²) in [6, 6.07) is 11.0. The zero-order chi connectivity index (χ0) is 14.9. The largest absolute Gasteiger partial charge is 0.341 e. The van der Waals surface area contributed by atoms with Crippen molar-refractivity contribution in [2.24, 2.45) is 0 Å². The fourth-order valence-corrected chi connectivity index (χ4v) is 3.23. The summed E-state index contributed by atoms with van der Waals surface area (Å²) in [4.78, 5) is 14.7. The van der Waals surface area contributed by atoms with E-state index in [4.69, 9.17) is 0 Å². The summed E-state index contributed by atoms with van der Waals surface area (Å²) in [5.74, 6) is 0.638. The van der Waals surface area contributed by atoms with Gasteiger partial charge in [-0.3, -0.25) is 9.88 Å². The number of aromatic nitrogens is 3. The first-order chi connectivity index (χ1) is 10.8. The average molecular weight is 296 g/mol. The molecule has 1 aromatic carbocycles. The molecule has 4 rings (SSSR count). The van der Waals surface area contributed by atoms with Crippen LogP contribution in [0.25, 0.3) is 11.0 Å². The molecule has 0 aliphatic carbocycles. The second kappa shape index (κ2) is 5.50. The fourth-order valence-electron chi connectivity index (χ4n) is 3.23. The number of halogens is 1. The van der Waals surface area contributed by atoms with E-state index in [1.165, 1.54) is 12.1 Å². The minimum absolute atomic E-state index is 0.241. The summed E-state index contributed by atoms with van der Waals surface area (Å²) in [6.45, 7) is 1.77. The number of imidazole rings is 1. The van der Waals surface area contributed by atoms with E-state index in [0.29, 0.717) is 6.04 Å². The van der Waals surface area contributed by atoms with E-state index in [2.05, 4.69) is 25.9 Å². The lowest BCUT2D eigenvalue weighted by Gasteiger charge is -2.22. The highest BCUT2D eigenvalue weighted by Crippen LogP contribution is 2.31. The van der Waals surface area contributed by atoms with Crippen LogP contribution < -0.4 is 0 Å². The molecule has 1 unspecified atom stereocenters. The van der Waals surface area contributed by atoms with Gasteiger partial charge in [-0.25, -0.2) is 9.37 Å². The SMILES string of the molecule is Fc1ccc2nc(CN3CCCC3c3ccccn3)[nH]c2c1. The predicted molar refractivity (Wildman–Crippen MR) is 82.7 cm³/mol. The Labute approximate surface area is 128 Å². The first-order valence-electron chi connectivity index (χ1n) is 7.59. The molecule has 4 nitrogen and oxygen atoms in total. The molecule has 0 saturated carbocycles. The third-order valence-corrected chi connectivity index (χ3v) is 4.24. The topological polar surface area (TPSA) is 44.8 Å². The predicted octanol–water partition coefficient (Wildman–Crippen LogP) is 3.43. The number of fused-ring (bicyclic) bond motifs is 1. The van der Waals surface area contributed by atoms with Gasteiger partial charge in [-0.15, -0.1) is 0 Å². The van der Waals surface area contributed by atoms with Gasteiger partial charge < -0.3 is 4.98 Å². The number of nitrogens with zero attached hydrogens (tertiary/aromatic N) is 3. The molecular formula is C17H17FN4. The summed E-state index contributed by atoms with van der Waals surface area (Å²) in [7, 11) is 0. The first kappa shape index (κ1) is 13.4. The number of rotatable bonds is 3. The van der Waals surface area contributed by atoms with Gasteiger partial charge in [-0.05, 0) is 49.7 Å². The molecule has 2 aromatic heterocycles. The molecule has 3 aromatic rings. The van der Waals surface area contributed by atoms with Gasteiger partial charge in [0, 0.05) is 6.20 Å². The zero-order valence-corrected chi connectivity index (χ0v) is 12.2. The van der Waals surface area contributed by atoms with Gasteiger partial charge in [0.2, 0.25) is 0 Å². The van der Waals surface area contributed by atoms with Crippen LogP contribution in [0.5, 0.6) is 0 Å². The van der Waals surface area contributed by atoms with E-state index in [0.717, 1.165) is 48.5 Å². The van der Waals surface area contributed by atoms with E-state index >= 15 is 0 Å². The molecule has 1 atom stereocenters. The number of benzene rings is 1. The first-order valence-corrected chi connectivity index (χ1v) is 7.59. The van der Waals surface area contributed by atoms with Crippen LogP contribution in [0.3, 0.4) is 0 Å². The van der Waals surface area contributed by atoms with Crippen molar-refractivity contribution in [3.05, 3.63) is 59.9 Å². The van der Waals surface area contributed by atoms with Crippen LogP contribution in [0.15, 0.2) is 42.6 Å². The van der Waals surface area contributed by atoms with Gasteiger partial charge in [-0.2, -0.15) is 0 Å². The maximum atomic E-state index is 13.3. The van der Waals surface area contributed by atoms with Crippen molar-refractivity contribution in [2.75, 3.05) is 6.54 Å². The van der Waals surface area contributed by atoms with Gasteiger partial charge in [0.1, 0.15) is 11.6 Å². The Morgan fingerprint density at radius 1 is 1.27 bits per heavy atom. The Hall–Kier alpha value is -2.27. The smallest absolute Gasteiger partial charge is 0.125 e. The Bertz CT molecular complexity index is 784. The molecule has 0 bridgehead atoms. The quantitative estimate of drug-likeness (QED) is 0.805. The van der Waals surface area contributed by atoms with Crippen LogP contribution in [-0.2, 0) is 6.54 Å². The van der Waals surface area contributed by atoms with Gasteiger partial charge in [0.05, 0.1) is 29.3 Å². The second-order valence-electron chi connectivity index (χ2n) is 5.73. The lowest BCUT2D eigenvalue weighted by Crippen LogP contribution is -2.24. The monoisotopic (exact) mass is 296 g/mol. The molecular weight excluding hydrogens is 279 g/mol. The van der Waals surface area contributed by atoms with E-state index in [1.54, 1.807) is 6.07 Å². The van der Waals surface area contributed by atoms with Gasteiger partial charge in [0.15, 0.2) is 0 Å². The summed E-state index contributed by atoms with van der Waals surface area (Å²) >= 11 is 0. The number of nitrogens with one attached hydrogen (secondary N) is 1. The zero-order valence-electron chi connectivity index (χ0n) is 12.2. The van der Waals surface area contributed by atoms with Crippen LogP contribution in [0.4, 0.5) is 4.39 Å². The fraction of sp³-hybridized carbons (Fsp3) is 0.294. The van der Waals surface area contributed by atoms with E-state index < -0.39 is 0 Å². The van der Waals surface area contributed by atoms with E-state index in [1.807, 2.05) is 18.3 Å². The third-order valence-electron chi connectivity index (χ3n) is 4.24. The maximum Gasteiger partial charge on any atom is 0.125 e. The van der Waals surface area contributed by atoms with Crippen LogP contribution >= 0.6 is 0 Å². The van der Waals surface area contributed by atoms with Crippen LogP contribution in [0.1, 0.15) is 30.4 Å². The number of pyridine rings is 1. The van der Waals surface area contributed by atoms with Crippen molar-refractivity contribution in [1.82, 2.24) is 19.9 Å². The summed E-state index contributed by atoms with van der Waals surface area (Å²) in [5, 5.41) is 0. The molecule has 22 heavy (non-hydrogen) atoms. The highest BCUT2D eigenvalue weighted by atomic mass is 19.1. The number of hydrogen-bond acceptors (Lipinski definition) is 3. The summed E-state index contributed by atoms with van der Waals surface area (Å²) < 4.78 is 13.3. The number of likely N-dealkylation sites (tertiary alicyclic amines) is 1. The molecule has 1 aliphatic heterocycles. The van der Waals surface area contributed by atoms with Gasteiger partial charge in [-0.1, -0.05) is 6.07 Å². The van der Waals surface area contributed by atoms with Crippen LogP contribution in [0, 0.1) is 5.82 Å². The maximum absolute atomic E-state index is 13.3. The number of aromatic amines is 1. The van der Waals surface area contributed by atoms with Crippen molar-refractivity contribution in [3.8, 4) is 0 Å². The van der Waals surface area contributed by atoms with Crippen molar-refractivity contribution in [1.29, 1.82) is 0 Å². The molecule has 0 radical (unpaired) electrons. The minimum Gasteiger partial charge on any atom is -0.341 e. The minimum atomic E-state index is -0.241. The van der Waals surface area contributed by atoms with E-state index in [9.17, 15) is 4.39 Å². The summed E-state index contributed by atoms with van der Waals surface area (Å²) in [6.07, 6.45) is 4.12. The Kier molecular flexibility index (Phi) is 3.35. The van der Waals surface area contributed by atoms with Crippen LogP contribution in [-0.4, -0.2) is 26.4 Å². The molecule has 3 heterocycles. The molecule has 0 amide bonds. The molecule has 112 valence electrons. The lowest BCUT2D eigenvalue weighted by atomic mass is 10.1. The van der Waals surface area contributed by atoms with Crippen molar-refractivity contribution < 1.29 is 4.39 Å². The summed E-state index contributed by atoms with van der Waals surface area (Å²) in [5.41, 5.74) is 2.68. The van der Waals surface area contributed by atoms with Gasteiger partial charge >= 0.3 is 0 Å². The Morgan fingerprint density at radius 3 is 3.09 bits per heavy atom. The highest BCUT2D eigenvalue weighted by molar-refractivity contribution is 5.74. The number of hydrogen-bond donors (Lipinski definition) is 1. The lowest BCUT2D eigenvalue weighted by molar-refractivity contribution is 0.239. The van der Waals surface area contributed by atoms with Gasteiger partial charge in [0.25, 0.3) is 0 Å². The van der Waals surface area contributed by atoms with Crippen molar-refractivity contribution in [2.45, 2.75) is 25.4 Å². The van der Waals surface area contributed by atoms with Crippen LogP contribution in [0.2, 0.25) is 0 Å². The van der Waals surface area contributed by atoms with Crippen molar-refractivity contribution in [3.63, 3.8) is 0 Å². The number of H-pyrrole nitrogens is 1. The second-order valence-corrected chi connectivity index (χ2v) is 5.73. The Balaban J connectivity index is 1.58. The molecule has 1 fully saturated rings.